The Hall–Kier alpha value is 0.530. The molecule has 0 aliphatic rings. The second-order valence-corrected chi connectivity index (χ2v) is 2.99. The molecule has 0 heterocycles. The number of rotatable bonds is 3. The molecule has 0 rings (SSSR count). The van der Waals surface area contributed by atoms with Gasteiger partial charge in [-0.3, -0.25) is 4.52 Å². The molecule has 0 aromatic heterocycles. The minimum Gasteiger partial charge on any atom is -0.252 e. The van der Waals surface area contributed by atoms with Crippen LogP contribution in [0.4, 0.5) is 0 Å². The number of unbranched alkanes of at least 4 members (excludes halogenated alkanes) is 1. The maximum Gasteiger partial charge on any atom is 0.00717 e. The molecule has 0 saturated carbocycles. The third-order valence-electron chi connectivity index (χ3n) is 0.693. The van der Waals surface area contributed by atoms with E-state index in [2.05, 4.69) is 20.8 Å². The highest BCUT2D eigenvalue weighted by atomic mass is 31.1. The Morgan fingerprint density at radius 1 is 1.71 bits per heavy atom. The van der Waals surface area contributed by atoms with E-state index >= 15 is 0 Å². The van der Waals surface area contributed by atoms with Crippen LogP contribution in [0.2, 0.25) is 0 Å². The van der Waals surface area contributed by atoms with Crippen LogP contribution in [0, 0.1) is 0 Å². The highest BCUT2D eigenvalue weighted by Crippen LogP contribution is 2.06. The van der Waals surface area contributed by atoms with Crippen molar-refractivity contribution in [1.82, 2.24) is 0 Å². The van der Waals surface area contributed by atoms with Gasteiger partial charge in [-0.1, -0.05) is 13.3 Å². The summed E-state index contributed by atoms with van der Waals surface area (Å²) >= 11 is 0. The number of nitrogens with zero attached hydrogens (tertiary/aromatic N) is 1. The van der Waals surface area contributed by atoms with Crippen molar-refractivity contribution in [3.05, 3.63) is 0 Å². The van der Waals surface area contributed by atoms with Gasteiger partial charge in [0, 0.05) is 14.5 Å². The van der Waals surface area contributed by atoms with E-state index in [9.17, 15) is 0 Å². The van der Waals surface area contributed by atoms with Crippen LogP contribution in [0.5, 0.6) is 0 Å². The molecule has 0 aromatic carbocycles. The molecule has 0 spiro atoms. The fourth-order valence-corrected chi connectivity index (χ4v) is 1.21. The zero-order valence-corrected chi connectivity index (χ0v) is 6.64. The summed E-state index contributed by atoms with van der Waals surface area (Å²) in [5.41, 5.74) is 0. The first-order valence-corrected chi connectivity index (χ1v) is 4.03. The quantitative estimate of drug-likeness (QED) is 0.416. The van der Waals surface area contributed by atoms with E-state index < -0.39 is 0 Å². The van der Waals surface area contributed by atoms with E-state index in [1.165, 1.54) is 27.4 Å². The first kappa shape index (κ1) is 7.53. The Balaban J connectivity index is 2.69. The first-order chi connectivity index (χ1) is 3.41. The summed E-state index contributed by atoms with van der Waals surface area (Å²) in [5.74, 6) is 0. The summed E-state index contributed by atoms with van der Waals surface area (Å²) in [5, 5.41) is 0. The maximum atomic E-state index is 3.86. The minimum absolute atomic E-state index is 1.22. The predicted molar refractivity (Wildman–Crippen MR) is 38.8 cm³/mol. The third-order valence-corrected chi connectivity index (χ3v) is 1.86. The van der Waals surface area contributed by atoms with E-state index in [-0.39, 0.29) is 0 Å². The average Bonchev–Trinajstić information content (AvgIpc) is 1.69. The van der Waals surface area contributed by atoms with Crippen molar-refractivity contribution in [1.29, 1.82) is 0 Å². The molecule has 0 aliphatic carbocycles. The lowest BCUT2D eigenvalue weighted by atomic mass is 10.4. The van der Waals surface area contributed by atoms with E-state index in [0.717, 1.165) is 0 Å². The van der Waals surface area contributed by atoms with Crippen LogP contribution in [0.25, 0.3) is 0 Å². The SMILES string of the molecule is CCCCP=NP. The molecule has 0 saturated heterocycles. The van der Waals surface area contributed by atoms with Crippen molar-refractivity contribution < 1.29 is 0 Å². The van der Waals surface area contributed by atoms with E-state index in [1.54, 1.807) is 0 Å². The van der Waals surface area contributed by atoms with E-state index in [4.69, 9.17) is 0 Å². The first-order valence-electron chi connectivity index (χ1n) is 2.48. The summed E-state index contributed by atoms with van der Waals surface area (Å²) in [7, 11) is 3.58. The van der Waals surface area contributed by atoms with Gasteiger partial charge < -0.3 is 0 Å². The van der Waals surface area contributed by atoms with Gasteiger partial charge in [-0.25, -0.2) is 0 Å². The Bertz CT molecular complexity index is 53.7. The monoisotopic (exact) mass is 135 g/mol. The van der Waals surface area contributed by atoms with Crippen molar-refractivity contribution in [2.45, 2.75) is 19.8 Å². The molecule has 0 radical (unpaired) electrons. The largest absolute Gasteiger partial charge is 0.252 e. The van der Waals surface area contributed by atoms with Crippen LogP contribution >= 0.6 is 17.8 Å². The lowest BCUT2D eigenvalue weighted by molar-refractivity contribution is 0.895. The van der Waals surface area contributed by atoms with Gasteiger partial charge in [-0.05, 0) is 15.8 Å². The average molecular weight is 135 g/mol. The summed E-state index contributed by atoms with van der Waals surface area (Å²) < 4.78 is 3.86. The molecular weight excluding hydrogens is 124 g/mol. The highest BCUT2D eigenvalue weighted by molar-refractivity contribution is 7.35. The summed E-state index contributed by atoms with van der Waals surface area (Å²) in [4.78, 5) is 0. The van der Waals surface area contributed by atoms with Crippen LogP contribution in [0.3, 0.4) is 0 Å². The molecule has 0 N–H and O–H groups in total. The Morgan fingerprint density at radius 3 is 2.86 bits per heavy atom. The normalized spacial score (nSPS) is 10.6. The van der Waals surface area contributed by atoms with Gasteiger partial charge in [0.25, 0.3) is 0 Å². The lowest BCUT2D eigenvalue weighted by Gasteiger charge is -1.82. The zero-order chi connectivity index (χ0) is 5.54. The van der Waals surface area contributed by atoms with Crippen LogP contribution in [-0.4, -0.2) is 6.16 Å². The van der Waals surface area contributed by atoms with Gasteiger partial charge >= 0.3 is 0 Å². The van der Waals surface area contributed by atoms with Crippen LogP contribution in [-0.2, 0) is 0 Å². The fourth-order valence-electron chi connectivity index (χ4n) is 0.287. The third kappa shape index (κ3) is 6.53. The van der Waals surface area contributed by atoms with Gasteiger partial charge in [0.1, 0.15) is 0 Å². The molecule has 3 heteroatoms. The number of hydrogen-bond donors (Lipinski definition) is 0. The molecule has 0 aliphatic heterocycles. The van der Waals surface area contributed by atoms with Crippen molar-refractivity contribution in [3.63, 3.8) is 0 Å². The van der Waals surface area contributed by atoms with E-state index in [0.29, 0.717) is 0 Å². The van der Waals surface area contributed by atoms with Crippen molar-refractivity contribution in [2.24, 2.45) is 4.52 Å². The Morgan fingerprint density at radius 2 is 2.43 bits per heavy atom. The Kier molecular flexibility index (Phi) is 7.02. The fraction of sp³-hybridized carbons (Fsp3) is 1.00. The summed E-state index contributed by atoms with van der Waals surface area (Å²) in [6.45, 7) is 2.19. The smallest absolute Gasteiger partial charge is 0.00717 e. The van der Waals surface area contributed by atoms with Gasteiger partial charge in [0.15, 0.2) is 0 Å². The standard InChI is InChI=1S/C4H11NP2/c1-2-3-4-7-5-6/h2-4,6H2,1H3. The Labute approximate surface area is 49.0 Å². The topological polar surface area (TPSA) is 12.4 Å². The van der Waals surface area contributed by atoms with Gasteiger partial charge in [-0.2, -0.15) is 0 Å². The summed E-state index contributed by atoms with van der Waals surface area (Å²) in [6.07, 6.45) is 3.81. The molecule has 0 bridgehead atoms. The molecule has 0 amide bonds. The highest BCUT2D eigenvalue weighted by Gasteiger charge is 1.75. The van der Waals surface area contributed by atoms with Crippen LogP contribution in [0.15, 0.2) is 4.52 Å². The zero-order valence-electron chi connectivity index (χ0n) is 4.59. The van der Waals surface area contributed by atoms with Crippen LogP contribution < -0.4 is 0 Å². The second-order valence-electron chi connectivity index (χ2n) is 1.33. The molecule has 1 atom stereocenters. The number of hydrogen-bond acceptors (Lipinski definition) is 1. The molecule has 1 unspecified atom stereocenters. The molecule has 1 nitrogen and oxygen atoms in total. The minimum atomic E-state index is 1.22. The molecular formula is C4H11NP2. The summed E-state index contributed by atoms with van der Waals surface area (Å²) in [6, 6.07) is 0. The van der Waals surface area contributed by atoms with Crippen molar-refractivity contribution >= 4 is 17.8 Å². The molecule has 42 valence electrons. The molecule has 0 fully saturated rings. The van der Waals surface area contributed by atoms with Gasteiger partial charge in [0.05, 0.1) is 0 Å². The molecule has 0 aromatic rings. The second kappa shape index (κ2) is 6.53. The molecule has 7 heavy (non-hydrogen) atoms. The van der Waals surface area contributed by atoms with Gasteiger partial charge in [-0.15, -0.1) is 0 Å². The van der Waals surface area contributed by atoms with Crippen LogP contribution in [0.1, 0.15) is 19.8 Å². The van der Waals surface area contributed by atoms with Gasteiger partial charge in [0.2, 0.25) is 0 Å². The van der Waals surface area contributed by atoms with Crippen molar-refractivity contribution in [3.8, 4) is 0 Å². The van der Waals surface area contributed by atoms with Crippen molar-refractivity contribution in [2.75, 3.05) is 6.16 Å². The lowest BCUT2D eigenvalue weighted by Crippen LogP contribution is -1.66. The van der Waals surface area contributed by atoms with E-state index in [1.807, 2.05) is 0 Å². The predicted octanol–water partition coefficient (Wildman–Crippen LogP) is 2.71. The maximum absolute atomic E-state index is 3.86.